The quantitative estimate of drug-likeness (QED) is 0.395. The summed E-state index contributed by atoms with van der Waals surface area (Å²) in [7, 11) is 0. The monoisotopic (exact) mass is 418 g/mol. The minimum atomic E-state index is -0.690. The Hall–Kier alpha value is -3.30. The van der Waals surface area contributed by atoms with Gasteiger partial charge in [0.1, 0.15) is 11.6 Å². The Labute approximate surface area is 176 Å². The molecule has 1 aliphatic heterocycles. The maximum absolute atomic E-state index is 12.6. The van der Waals surface area contributed by atoms with Gasteiger partial charge in [-0.1, -0.05) is 12.1 Å². The molecule has 10 nitrogen and oxygen atoms in total. The van der Waals surface area contributed by atoms with Crippen molar-refractivity contribution in [2.24, 2.45) is 16.5 Å². The van der Waals surface area contributed by atoms with Gasteiger partial charge >= 0.3 is 6.09 Å². The molecular formula is C20H30N6O4. The van der Waals surface area contributed by atoms with E-state index < -0.39 is 17.7 Å². The molecule has 1 aromatic rings. The molecule has 1 saturated heterocycles. The van der Waals surface area contributed by atoms with Crippen LogP contribution in [0.2, 0.25) is 0 Å². The zero-order valence-corrected chi connectivity index (χ0v) is 17.6. The van der Waals surface area contributed by atoms with Gasteiger partial charge in [-0.3, -0.25) is 9.59 Å². The van der Waals surface area contributed by atoms with Crippen molar-refractivity contribution < 1.29 is 19.1 Å². The van der Waals surface area contributed by atoms with Crippen LogP contribution in [-0.2, 0) is 20.9 Å². The number of piperidine rings is 1. The molecule has 0 aromatic heterocycles. The van der Waals surface area contributed by atoms with Crippen molar-refractivity contribution in [3.63, 3.8) is 0 Å². The fourth-order valence-electron chi connectivity index (χ4n) is 2.95. The number of alkyl carbamates (subject to hydrolysis) is 1. The summed E-state index contributed by atoms with van der Waals surface area (Å²) in [5, 5.41) is 5.38. The van der Waals surface area contributed by atoms with Gasteiger partial charge in [0.25, 0.3) is 0 Å². The number of ether oxygens (including phenoxy) is 1. The Bertz CT molecular complexity index is 797. The van der Waals surface area contributed by atoms with E-state index in [2.05, 4.69) is 15.6 Å². The first-order valence-corrected chi connectivity index (χ1v) is 9.77. The van der Waals surface area contributed by atoms with E-state index in [1.54, 1.807) is 45.0 Å². The molecule has 1 heterocycles. The smallest absolute Gasteiger partial charge is 0.408 e. The average Bonchev–Trinajstić information content (AvgIpc) is 2.62. The van der Waals surface area contributed by atoms with Crippen LogP contribution in [0.5, 0.6) is 0 Å². The van der Waals surface area contributed by atoms with E-state index in [4.69, 9.17) is 16.2 Å². The molecule has 1 aromatic carbocycles. The lowest BCUT2D eigenvalue weighted by atomic mass is 10.0. The third kappa shape index (κ3) is 7.61. The van der Waals surface area contributed by atoms with E-state index in [0.29, 0.717) is 31.6 Å². The molecule has 1 fully saturated rings. The predicted molar refractivity (Wildman–Crippen MR) is 113 cm³/mol. The zero-order valence-electron chi connectivity index (χ0n) is 17.6. The molecule has 0 saturated carbocycles. The lowest BCUT2D eigenvalue weighted by molar-refractivity contribution is -0.140. The molecule has 0 aliphatic carbocycles. The number of nitrogens with zero attached hydrogens (tertiary/aromatic N) is 2. The highest BCUT2D eigenvalue weighted by Crippen LogP contribution is 2.14. The molecule has 6 N–H and O–H groups in total. The molecule has 1 aliphatic rings. The van der Waals surface area contributed by atoms with Crippen LogP contribution >= 0.6 is 0 Å². The van der Waals surface area contributed by atoms with Crippen molar-refractivity contribution in [1.29, 1.82) is 0 Å². The number of rotatable bonds is 6. The molecule has 2 rings (SSSR count). The molecule has 30 heavy (non-hydrogen) atoms. The van der Waals surface area contributed by atoms with E-state index in [9.17, 15) is 14.4 Å². The third-order valence-corrected chi connectivity index (χ3v) is 4.24. The second-order valence-electron chi connectivity index (χ2n) is 8.08. The van der Waals surface area contributed by atoms with Crippen LogP contribution in [0.25, 0.3) is 0 Å². The molecule has 0 radical (unpaired) electrons. The highest BCUT2D eigenvalue weighted by atomic mass is 16.6. The number of benzene rings is 1. The highest BCUT2D eigenvalue weighted by molar-refractivity contribution is 5.90. The highest BCUT2D eigenvalue weighted by Gasteiger charge is 2.32. The van der Waals surface area contributed by atoms with Crippen LogP contribution in [0.1, 0.15) is 39.2 Å². The molecule has 3 amide bonds. The summed E-state index contributed by atoms with van der Waals surface area (Å²) in [6, 6.07) is 6.39. The maximum Gasteiger partial charge on any atom is 0.408 e. The fraction of sp³-hybridized carbons (Fsp3) is 0.500. The van der Waals surface area contributed by atoms with Gasteiger partial charge in [-0.15, -0.1) is 0 Å². The van der Waals surface area contributed by atoms with Crippen molar-refractivity contribution >= 4 is 29.6 Å². The summed E-state index contributed by atoms with van der Waals surface area (Å²) in [4.78, 5) is 42.2. The first-order chi connectivity index (χ1) is 14.0. The molecular weight excluding hydrogens is 388 g/mol. The van der Waals surface area contributed by atoms with Gasteiger partial charge < -0.3 is 31.7 Å². The molecule has 0 spiro atoms. The number of likely N-dealkylation sites (tertiary alicyclic amines) is 1. The lowest BCUT2D eigenvalue weighted by Crippen LogP contribution is -2.54. The fourth-order valence-corrected chi connectivity index (χ4v) is 2.95. The van der Waals surface area contributed by atoms with Crippen molar-refractivity contribution in [3.05, 3.63) is 29.8 Å². The second kappa shape index (κ2) is 9.95. The second-order valence-corrected chi connectivity index (χ2v) is 8.08. The lowest BCUT2D eigenvalue weighted by Gasteiger charge is -2.32. The van der Waals surface area contributed by atoms with Gasteiger partial charge in [-0.2, -0.15) is 0 Å². The van der Waals surface area contributed by atoms with Crippen LogP contribution < -0.4 is 22.1 Å². The van der Waals surface area contributed by atoms with Gasteiger partial charge in [0.05, 0.1) is 12.2 Å². The summed E-state index contributed by atoms with van der Waals surface area (Å²) in [5.41, 5.74) is 11.5. The Morgan fingerprint density at radius 2 is 1.90 bits per heavy atom. The summed E-state index contributed by atoms with van der Waals surface area (Å²) in [6.45, 7) is 5.95. The van der Waals surface area contributed by atoms with Crippen molar-refractivity contribution in [2.75, 3.05) is 13.1 Å². The maximum atomic E-state index is 12.6. The average molecular weight is 418 g/mol. The molecule has 1 unspecified atom stereocenters. The molecule has 10 heteroatoms. The van der Waals surface area contributed by atoms with Crippen molar-refractivity contribution in [1.82, 2.24) is 15.5 Å². The number of aliphatic imine (C=N–C) groups is 1. The number of hydrogen-bond acceptors (Lipinski definition) is 5. The first kappa shape index (κ1) is 23.0. The van der Waals surface area contributed by atoms with Crippen molar-refractivity contribution in [3.8, 4) is 0 Å². The van der Waals surface area contributed by atoms with Gasteiger partial charge in [0, 0.05) is 13.1 Å². The van der Waals surface area contributed by atoms with E-state index in [1.165, 1.54) is 4.90 Å². The van der Waals surface area contributed by atoms with E-state index in [-0.39, 0.29) is 24.3 Å². The van der Waals surface area contributed by atoms with Gasteiger partial charge in [-0.25, -0.2) is 9.79 Å². The predicted octanol–water partition coefficient (Wildman–Crippen LogP) is 0.723. The Kier molecular flexibility index (Phi) is 7.62. The van der Waals surface area contributed by atoms with E-state index in [0.717, 1.165) is 5.56 Å². The van der Waals surface area contributed by atoms with Gasteiger partial charge in [-0.05, 0) is 51.3 Å². The van der Waals surface area contributed by atoms with E-state index in [1.807, 2.05) is 0 Å². The van der Waals surface area contributed by atoms with Crippen LogP contribution in [0, 0.1) is 0 Å². The minimum Gasteiger partial charge on any atom is -0.444 e. The molecule has 0 bridgehead atoms. The standard InChI is InChI=1S/C20H30N6O4/c1-20(2,3)30-19(29)25-15-5-4-10-26(17(15)28)12-16(27)23-11-13-6-8-14(9-7-13)24-18(21)22/h6-9,15H,4-5,10-12H2,1-3H3,(H,23,27)(H,25,29)(H4,21,22,24). The van der Waals surface area contributed by atoms with Crippen molar-refractivity contribution in [2.45, 2.75) is 51.8 Å². The number of hydrogen-bond donors (Lipinski definition) is 4. The number of nitrogens with one attached hydrogen (secondary N) is 2. The van der Waals surface area contributed by atoms with Gasteiger partial charge in [0.2, 0.25) is 11.8 Å². The zero-order chi connectivity index (χ0) is 22.3. The Morgan fingerprint density at radius 1 is 1.23 bits per heavy atom. The molecule has 164 valence electrons. The normalized spacial score (nSPS) is 16.6. The molecule has 1 atom stereocenters. The topological polar surface area (TPSA) is 152 Å². The van der Waals surface area contributed by atoms with Gasteiger partial charge in [0.15, 0.2) is 5.96 Å². The minimum absolute atomic E-state index is 0.0262. The largest absolute Gasteiger partial charge is 0.444 e. The number of carbonyl (C=O) groups excluding carboxylic acids is 3. The first-order valence-electron chi connectivity index (χ1n) is 9.77. The number of carbonyl (C=O) groups is 3. The van der Waals surface area contributed by atoms with Crippen LogP contribution in [0.3, 0.4) is 0 Å². The summed E-state index contributed by atoms with van der Waals surface area (Å²) in [6.07, 6.45) is 0.556. The Morgan fingerprint density at radius 3 is 2.50 bits per heavy atom. The summed E-state index contributed by atoms with van der Waals surface area (Å²) >= 11 is 0. The third-order valence-electron chi connectivity index (χ3n) is 4.24. The summed E-state index contributed by atoms with van der Waals surface area (Å²) < 4.78 is 5.20. The number of nitrogens with two attached hydrogens (primary N) is 2. The Balaban J connectivity index is 1.83. The van der Waals surface area contributed by atoms with E-state index >= 15 is 0 Å². The number of guanidine groups is 1. The van der Waals surface area contributed by atoms with Crippen LogP contribution in [0.15, 0.2) is 29.3 Å². The number of amides is 3. The van der Waals surface area contributed by atoms with Crippen LogP contribution in [-0.4, -0.2) is 53.5 Å². The van der Waals surface area contributed by atoms with Crippen LogP contribution in [0.4, 0.5) is 10.5 Å². The SMILES string of the molecule is CC(C)(C)OC(=O)NC1CCCN(CC(=O)NCc2ccc(N=C(N)N)cc2)C1=O. The summed E-state index contributed by atoms with van der Waals surface area (Å²) in [5.74, 6) is -0.597.